The number of hydrogen-bond donors (Lipinski definition) is 1. The number of nitrogens with one attached hydrogen (secondary N) is 1. The van der Waals surface area contributed by atoms with E-state index in [1.54, 1.807) is 11.8 Å². The molecule has 0 heterocycles. The lowest BCUT2D eigenvalue weighted by molar-refractivity contribution is -0.114. The predicted molar refractivity (Wildman–Crippen MR) is 60.2 cm³/mol. The first-order chi connectivity index (χ1) is 6.13. The van der Waals surface area contributed by atoms with Crippen LogP contribution in [-0.2, 0) is 4.79 Å². The van der Waals surface area contributed by atoms with Gasteiger partial charge in [-0.3, -0.25) is 4.79 Å². The highest BCUT2D eigenvalue weighted by molar-refractivity contribution is 9.10. The largest absolute Gasteiger partial charge is 0.325 e. The van der Waals surface area contributed by atoms with Crippen LogP contribution in [0.4, 0.5) is 5.69 Å². The molecule has 0 radical (unpaired) electrons. The van der Waals surface area contributed by atoms with Gasteiger partial charge in [-0.05, 0) is 40.4 Å². The normalized spacial score (nSPS) is 9.77. The lowest BCUT2D eigenvalue weighted by Crippen LogP contribution is -2.06. The minimum absolute atomic E-state index is 0.0565. The molecular formula is C9H10BrNOS. The second-order valence-corrected chi connectivity index (χ2v) is 4.26. The second kappa shape index (κ2) is 4.67. The second-order valence-electron chi connectivity index (χ2n) is 2.53. The average Bonchev–Trinajstić information content (AvgIpc) is 2.08. The van der Waals surface area contributed by atoms with Crippen LogP contribution in [0.1, 0.15) is 6.92 Å². The fourth-order valence-corrected chi connectivity index (χ4v) is 1.70. The smallest absolute Gasteiger partial charge is 0.221 e. The molecule has 0 atom stereocenters. The maximum Gasteiger partial charge on any atom is 0.221 e. The van der Waals surface area contributed by atoms with E-state index in [1.807, 2.05) is 24.5 Å². The molecule has 0 aliphatic carbocycles. The van der Waals surface area contributed by atoms with Crippen molar-refractivity contribution in [3.63, 3.8) is 0 Å². The van der Waals surface area contributed by atoms with Crippen LogP contribution in [0.2, 0.25) is 0 Å². The van der Waals surface area contributed by atoms with Crippen molar-refractivity contribution in [3.05, 3.63) is 22.7 Å². The Balaban J connectivity index is 2.96. The number of carbonyl (C=O) groups is 1. The third-order valence-corrected chi connectivity index (χ3v) is 2.90. The maximum absolute atomic E-state index is 10.8. The van der Waals surface area contributed by atoms with Gasteiger partial charge in [0.15, 0.2) is 0 Å². The number of amides is 1. The van der Waals surface area contributed by atoms with Gasteiger partial charge in [0.05, 0.1) is 5.69 Å². The zero-order valence-electron chi connectivity index (χ0n) is 7.43. The molecule has 1 aromatic rings. The highest BCUT2D eigenvalue weighted by atomic mass is 79.9. The Morgan fingerprint density at radius 1 is 1.54 bits per heavy atom. The van der Waals surface area contributed by atoms with E-state index in [4.69, 9.17) is 0 Å². The van der Waals surface area contributed by atoms with Gasteiger partial charge < -0.3 is 5.32 Å². The van der Waals surface area contributed by atoms with Gasteiger partial charge in [-0.2, -0.15) is 0 Å². The molecule has 13 heavy (non-hydrogen) atoms. The quantitative estimate of drug-likeness (QED) is 0.828. The fourth-order valence-electron chi connectivity index (χ4n) is 0.917. The molecule has 0 bridgehead atoms. The Morgan fingerprint density at radius 2 is 2.23 bits per heavy atom. The van der Waals surface area contributed by atoms with Crippen molar-refractivity contribution in [1.29, 1.82) is 0 Å². The Labute approximate surface area is 90.2 Å². The van der Waals surface area contributed by atoms with Crippen LogP contribution in [0, 0.1) is 0 Å². The molecule has 1 amide bonds. The number of thioether (sulfide) groups is 1. The van der Waals surface area contributed by atoms with E-state index in [-0.39, 0.29) is 5.91 Å². The van der Waals surface area contributed by atoms with E-state index in [0.29, 0.717) is 0 Å². The monoisotopic (exact) mass is 259 g/mol. The number of benzene rings is 1. The molecule has 1 rings (SSSR count). The Bertz CT molecular complexity index is 327. The van der Waals surface area contributed by atoms with Crippen molar-refractivity contribution in [2.24, 2.45) is 0 Å². The van der Waals surface area contributed by atoms with E-state index in [2.05, 4.69) is 21.2 Å². The van der Waals surface area contributed by atoms with E-state index in [1.165, 1.54) is 6.92 Å². The topological polar surface area (TPSA) is 29.1 Å². The van der Waals surface area contributed by atoms with E-state index in [0.717, 1.165) is 15.1 Å². The fraction of sp³-hybridized carbons (Fsp3) is 0.222. The van der Waals surface area contributed by atoms with Gasteiger partial charge in [0, 0.05) is 16.3 Å². The lowest BCUT2D eigenvalue weighted by atomic mass is 10.3. The number of anilines is 1. The molecule has 0 spiro atoms. The molecule has 4 heteroatoms. The van der Waals surface area contributed by atoms with Crippen LogP contribution in [-0.4, -0.2) is 12.2 Å². The molecule has 0 saturated heterocycles. The van der Waals surface area contributed by atoms with E-state index in [9.17, 15) is 4.79 Å². The van der Waals surface area contributed by atoms with Crippen molar-refractivity contribution in [2.75, 3.05) is 11.6 Å². The number of carbonyl (C=O) groups excluding carboxylic acids is 1. The van der Waals surface area contributed by atoms with Crippen molar-refractivity contribution >= 4 is 39.3 Å². The van der Waals surface area contributed by atoms with Crippen molar-refractivity contribution in [1.82, 2.24) is 0 Å². The van der Waals surface area contributed by atoms with Crippen LogP contribution in [0.5, 0.6) is 0 Å². The van der Waals surface area contributed by atoms with Gasteiger partial charge in [0.25, 0.3) is 0 Å². The standard InChI is InChI=1S/C9H10BrNOS/c1-6(12)11-9-5-7(13-2)3-4-8(9)10/h3-5H,1-2H3,(H,11,12). The summed E-state index contributed by atoms with van der Waals surface area (Å²) in [6.07, 6.45) is 2.00. The Hall–Kier alpha value is -0.480. The van der Waals surface area contributed by atoms with Gasteiger partial charge in [-0.25, -0.2) is 0 Å². The van der Waals surface area contributed by atoms with Crippen LogP contribution in [0.3, 0.4) is 0 Å². The van der Waals surface area contributed by atoms with Crippen molar-refractivity contribution in [3.8, 4) is 0 Å². The molecule has 0 aromatic heterocycles. The highest BCUT2D eigenvalue weighted by Crippen LogP contribution is 2.27. The van der Waals surface area contributed by atoms with Crippen LogP contribution >= 0.6 is 27.7 Å². The number of halogens is 1. The summed E-state index contributed by atoms with van der Waals surface area (Å²) in [7, 11) is 0. The van der Waals surface area contributed by atoms with Crippen molar-refractivity contribution in [2.45, 2.75) is 11.8 Å². The zero-order chi connectivity index (χ0) is 9.84. The minimum atomic E-state index is -0.0565. The first-order valence-electron chi connectivity index (χ1n) is 3.74. The molecule has 0 aliphatic rings. The molecule has 1 N–H and O–H groups in total. The van der Waals surface area contributed by atoms with Gasteiger partial charge in [0.1, 0.15) is 0 Å². The Morgan fingerprint density at radius 3 is 2.77 bits per heavy atom. The molecule has 0 unspecified atom stereocenters. The average molecular weight is 260 g/mol. The molecule has 1 aromatic carbocycles. The molecule has 0 aliphatic heterocycles. The predicted octanol–water partition coefficient (Wildman–Crippen LogP) is 3.13. The minimum Gasteiger partial charge on any atom is -0.325 e. The molecule has 2 nitrogen and oxygen atoms in total. The maximum atomic E-state index is 10.8. The van der Waals surface area contributed by atoms with Crippen LogP contribution in [0.25, 0.3) is 0 Å². The summed E-state index contributed by atoms with van der Waals surface area (Å²) >= 11 is 5.01. The Kier molecular flexibility index (Phi) is 3.81. The van der Waals surface area contributed by atoms with E-state index >= 15 is 0 Å². The molecular weight excluding hydrogens is 250 g/mol. The summed E-state index contributed by atoms with van der Waals surface area (Å²) in [6, 6.07) is 5.87. The van der Waals surface area contributed by atoms with Gasteiger partial charge >= 0.3 is 0 Å². The summed E-state index contributed by atoms with van der Waals surface area (Å²) in [6.45, 7) is 1.50. The van der Waals surface area contributed by atoms with Gasteiger partial charge in [-0.1, -0.05) is 0 Å². The van der Waals surface area contributed by atoms with Crippen LogP contribution < -0.4 is 5.32 Å². The van der Waals surface area contributed by atoms with E-state index < -0.39 is 0 Å². The first-order valence-corrected chi connectivity index (χ1v) is 5.76. The molecule has 0 fully saturated rings. The molecule has 0 saturated carbocycles. The number of hydrogen-bond acceptors (Lipinski definition) is 2. The van der Waals surface area contributed by atoms with Crippen LogP contribution in [0.15, 0.2) is 27.6 Å². The summed E-state index contributed by atoms with van der Waals surface area (Å²) in [5, 5.41) is 2.75. The lowest BCUT2D eigenvalue weighted by Gasteiger charge is -2.06. The highest BCUT2D eigenvalue weighted by Gasteiger charge is 2.02. The summed E-state index contributed by atoms with van der Waals surface area (Å²) in [5.74, 6) is -0.0565. The number of rotatable bonds is 2. The summed E-state index contributed by atoms with van der Waals surface area (Å²) < 4.78 is 0.903. The zero-order valence-corrected chi connectivity index (χ0v) is 9.83. The molecule has 70 valence electrons. The third kappa shape index (κ3) is 3.04. The third-order valence-electron chi connectivity index (χ3n) is 1.48. The summed E-state index contributed by atoms with van der Waals surface area (Å²) in [5.41, 5.74) is 0.819. The van der Waals surface area contributed by atoms with Gasteiger partial charge in [-0.15, -0.1) is 11.8 Å². The van der Waals surface area contributed by atoms with Gasteiger partial charge in [0.2, 0.25) is 5.91 Å². The first kappa shape index (κ1) is 10.6. The van der Waals surface area contributed by atoms with Crippen molar-refractivity contribution < 1.29 is 4.79 Å². The summed E-state index contributed by atoms with van der Waals surface area (Å²) in [4.78, 5) is 12.0. The SMILES string of the molecule is CSc1ccc(Br)c(NC(C)=O)c1.